The summed E-state index contributed by atoms with van der Waals surface area (Å²) < 4.78 is 64.7. The fourth-order valence-corrected chi connectivity index (χ4v) is 3.98. The van der Waals surface area contributed by atoms with Crippen molar-refractivity contribution in [3.05, 3.63) is 63.8 Å². The Morgan fingerprint density at radius 1 is 1.33 bits per heavy atom. The zero-order chi connectivity index (χ0) is 26.2. The lowest BCUT2D eigenvalue weighted by molar-refractivity contribution is -0.189. The number of pyridine rings is 1. The number of aromatic nitrogens is 3. The van der Waals surface area contributed by atoms with E-state index in [1.165, 1.54) is 28.8 Å². The minimum absolute atomic E-state index is 0.0423. The minimum atomic E-state index is -4.68. The van der Waals surface area contributed by atoms with E-state index in [0.29, 0.717) is 17.7 Å². The summed E-state index contributed by atoms with van der Waals surface area (Å²) in [6, 6.07) is 5.33. The molecule has 0 saturated carbocycles. The van der Waals surface area contributed by atoms with E-state index >= 15 is 0 Å². The molecule has 0 saturated heterocycles. The Morgan fingerprint density at radius 3 is 2.75 bits per heavy atom. The van der Waals surface area contributed by atoms with Crippen molar-refractivity contribution in [2.75, 3.05) is 13.7 Å². The SMILES string of the molecule is COc1ncc(F)cc1-n1cc2c(n1)CCN(C(=O)c1c(OC(C)C(F)(F)F)ccc(C#N)c1Cl)C2. The number of carbonyl (C=O) groups excluding carboxylic acids is 1. The first-order valence-corrected chi connectivity index (χ1v) is 10.9. The molecule has 3 heterocycles. The summed E-state index contributed by atoms with van der Waals surface area (Å²) in [4.78, 5) is 18.7. The van der Waals surface area contributed by atoms with E-state index in [-0.39, 0.29) is 46.6 Å². The van der Waals surface area contributed by atoms with Gasteiger partial charge in [0.25, 0.3) is 5.91 Å². The number of benzene rings is 1. The quantitative estimate of drug-likeness (QED) is 0.458. The molecular formula is C23H18ClF4N5O3. The van der Waals surface area contributed by atoms with Crippen LogP contribution in [-0.2, 0) is 13.0 Å². The van der Waals surface area contributed by atoms with Gasteiger partial charge in [-0.15, -0.1) is 0 Å². The first-order chi connectivity index (χ1) is 17.0. The third kappa shape index (κ3) is 4.79. The van der Waals surface area contributed by atoms with Crippen molar-refractivity contribution in [2.45, 2.75) is 32.2 Å². The molecule has 2 aromatic heterocycles. The van der Waals surface area contributed by atoms with Crippen molar-refractivity contribution in [1.29, 1.82) is 5.26 Å². The van der Waals surface area contributed by atoms with Crippen molar-refractivity contribution in [2.24, 2.45) is 0 Å². The molecule has 1 atom stereocenters. The maximum Gasteiger partial charge on any atom is 0.425 e. The smallest absolute Gasteiger partial charge is 0.425 e. The number of hydrogen-bond acceptors (Lipinski definition) is 6. The first-order valence-electron chi connectivity index (χ1n) is 10.6. The van der Waals surface area contributed by atoms with Crippen molar-refractivity contribution >= 4 is 17.5 Å². The highest BCUT2D eigenvalue weighted by Gasteiger charge is 2.39. The number of amides is 1. The minimum Gasteiger partial charge on any atom is -0.480 e. The van der Waals surface area contributed by atoms with Gasteiger partial charge in [-0.05, 0) is 19.1 Å². The molecule has 3 aromatic rings. The number of halogens is 5. The summed E-state index contributed by atoms with van der Waals surface area (Å²) in [5.41, 5.74) is 1.11. The molecule has 0 radical (unpaired) electrons. The summed E-state index contributed by atoms with van der Waals surface area (Å²) >= 11 is 6.25. The average Bonchev–Trinajstić information content (AvgIpc) is 3.26. The molecule has 1 unspecified atom stereocenters. The highest BCUT2D eigenvalue weighted by Crippen LogP contribution is 2.35. The monoisotopic (exact) mass is 523 g/mol. The molecule has 1 aliphatic rings. The van der Waals surface area contributed by atoms with Crippen LogP contribution in [0.2, 0.25) is 5.02 Å². The maximum absolute atomic E-state index is 13.8. The van der Waals surface area contributed by atoms with Crippen LogP contribution in [0.15, 0.2) is 30.6 Å². The molecule has 13 heteroatoms. The Bertz CT molecular complexity index is 1370. The second-order valence-corrected chi connectivity index (χ2v) is 8.30. The molecule has 0 N–H and O–H groups in total. The maximum atomic E-state index is 13.8. The van der Waals surface area contributed by atoms with Gasteiger partial charge in [-0.2, -0.15) is 23.5 Å². The number of hydrogen-bond donors (Lipinski definition) is 0. The van der Waals surface area contributed by atoms with Gasteiger partial charge in [-0.1, -0.05) is 11.6 Å². The van der Waals surface area contributed by atoms with Gasteiger partial charge in [0, 0.05) is 37.3 Å². The topological polar surface area (TPSA) is 93.3 Å². The molecule has 8 nitrogen and oxygen atoms in total. The molecule has 0 bridgehead atoms. The van der Waals surface area contributed by atoms with Gasteiger partial charge in [0.15, 0.2) is 6.10 Å². The van der Waals surface area contributed by atoms with E-state index in [4.69, 9.17) is 21.1 Å². The van der Waals surface area contributed by atoms with E-state index in [1.807, 2.05) is 6.07 Å². The number of rotatable bonds is 5. The van der Waals surface area contributed by atoms with Crippen LogP contribution in [0.5, 0.6) is 11.6 Å². The Morgan fingerprint density at radius 2 is 2.08 bits per heavy atom. The number of alkyl halides is 3. The number of fused-ring (bicyclic) bond motifs is 1. The molecule has 4 rings (SSSR count). The van der Waals surface area contributed by atoms with Crippen molar-refractivity contribution in [1.82, 2.24) is 19.7 Å². The summed E-state index contributed by atoms with van der Waals surface area (Å²) in [6.07, 6.45) is -3.99. The Labute approximate surface area is 207 Å². The molecule has 188 valence electrons. The number of nitrogens with zero attached hydrogens (tertiary/aromatic N) is 5. The molecule has 1 amide bonds. The van der Waals surface area contributed by atoms with Crippen molar-refractivity contribution in [3.63, 3.8) is 0 Å². The second-order valence-electron chi connectivity index (χ2n) is 7.92. The Kier molecular flexibility index (Phi) is 6.77. The average molecular weight is 524 g/mol. The standard InChI is InChI=1S/C23H18ClF4N5O3/c1-12(23(26,27)28)36-18-4-3-13(8-29)20(24)19(18)22(34)32-6-5-16-14(10-32)11-33(31-16)17-7-15(25)9-30-21(17)35-2/h3-4,7,9,11-12H,5-6,10H2,1-2H3. The highest BCUT2D eigenvalue weighted by molar-refractivity contribution is 6.35. The fourth-order valence-electron chi connectivity index (χ4n) is 3.71. The zero-order valence-corrected chi connectivity index (χ0v) is 19.7. The summed E-state index contributed by atoms with van der Waals surface area (Å²) in [6.45, 7) is 1.01. The van der Waals surface area contributed by atoms with Crippen LogP contribution in [-0.4, -0.2) is 51.5 Å². The lowest BCUT2D eigenvalue weighted by atomic mass is 10.0. The normalized spacial score (nSPS) is 14.1. The van der Waals surface area contributed by atoms with Crippen LogP contribution >= 0.6 is 11.6 Å². The lowest BCUT2D eigenvalue weighted by Crippen LogP contribution is -2.37. The largest absolute Gasteiger partial charge is 0.480 e. The molecule has 0 spiro atoms. The lowest BCUT2D eigenvalue weighted by Gasteiger charge is -2.28. The second kappa shape index (κ2) is 9.66. The molecule has 36 heavy (non-hydrogen) atoms. The van der Waals surface area contributed by atoms with Gasteiger partial charge in [-0.3, -0.25) is 4.79 Å². The highest BCUT2D eigenvalue weighted by atomic mass is 35.5. The van der Waals surface area contributed by atoms with E-state index < -0.39 is 24.0 Å². The van der Waals surface area contributed by atoms with E-state index in [2.05, 4.69) is 10.1 Å². The van der Waals surface area contributed by atoms with Gasteiger partial charge in [-0.25, -0.2) is 14.1 Å². The molecule has 0 aliphatic carbocycles. The zero-order valence-electron chi connectivity index (χ0n) is 18.9. The number of nitriles is 1. The van der Waals surface area contributed by atoms with Gasteiger partial charge < -0.3 is 14.4 Å². The van der Waals surface area contributed by atoms with Crippen LogP contribution in [0.25, 0.3) is 5.69 Å². The number of carbonyl (C=O) groups is 1. The Balaban J connectivity index is 1.66. The summed E-state index contributed by atoms with van der Waals surface area (Å²) in [7, 11) is 1.38. The van der Waals surface area contributed by atoms with Gasteiger partial charge in [0.05, 0.1) is 29.6 Å². The first kappa shape index (κ1) is 25.2. The van der Waals surface area contributed by atoms with Crippen LogP contribution in [0, 0.1) is 17.1 Å². The number of methoxy groups -OCH3 is 1. The predicted octanol–water partition coefficient (Wildman–Crippen LogP) is 4.47. The van der Waals surface area contributed by atoms with Crippen LogP contribution in [0.4, 0.5) is 17.6 Å². The summed E-state index contributed by atoms with van der Waals surface area (Å²) in [5, 5.41) is 13.4. The molecule has 0 fully saturated rings. The van der Waals surface area contributed by atoms with Crippen molar-refractivity contribution in [3.8, 4) is 23.4 Å². The molecular weight excluding hydrogens is 506 g/mol. The van der Waals surface area contributed by atoms with E-state index in [9.17, 15) is 27.6 Å². The predicted molar refractivity (Wildman–Crippen MR) is 119 cm³/mol. The van der Waals surface area contributed by atoms with Gasteiger partial charge in [0.1, 0.15) is 28.9 Å². The van der Waals surface area contributed by atoms with Crippen LogP contribution in [0.1, 0.15) is 34.1 Å². The van der Waals surface area contributed by atoms with E-state index in [0.717, 1.165) is 19.2 Å². The third-order valence-electron chi connectivity index (χ3n) is 5.59. The molecule has 1 aliphatic heterocycles. The van der Waals surface area contributed by atoms with Gasteiger partial charge >= 0.3 is 6.18 Å². The van der Waals surface area contributed by atoms with Crippen LogP contribution in [0.3, 0.4) is 0 Å². The van der Waals surface area contributed by atoms with Gasteiger partial charge in [0.2, 0.25) is 5.88 Å². The summed E-state index contributed by atoms with van der Waals surface area (Å²) in [5.74, 6) is -1.54. The van der Waals surface area contributed by atoms with Crippen molar-refractivity contribution < 1.29 is 31.8 Å². The third-order valence-corrected chi connectivity index (χ3v) is 5.98. The Hall–Kier alpha value is -3.85. The number of ether oxygens (including phenoxy) is 2. The molecule has 1 aromatic carbocycles. The van der Waals surface area contributed by atoms with Crippen LogP contribution < -0.4 is 9.47 Å². The van der Waals surface area contributed by atoms with E-state index in [1.54, 1.807) is 6.20 Å². The fraction of sp³-hybridized carbons (Fsp3) is 0.304.